The molecule has 2 N–H and O–H groups in total. The van der Waals surface area contributed by atoms with Gasteiger partial charge in [0.05, 0.1) is 35.4 Å². The molecule has 7 nitrogen and oxygen atoms in total. The van der Waals surface area contributed by atoms with Crippen molar-refractivity contribution < 1.29 is 42.1 Å². The van der Waals surface area contributed by atoms with Crippen molar-refractivity contribution in [3.63, 3.8) is 0 Å². The number of ether oxygens (including phenoxy) is 1. The number of aliphatic hydroxyl groups is 2. The average Bonchev–Trinajstić information content (AvgIpc) is 3.73. The molecule has 4 aromatic rings. The molecule has 0 saturated heterocycles. The Kier molecular flexibility index (Phi) is 12.0. The number of alkyl halides is 3. The number of nitrogens with zero attached hydrogens (tertiary/aromatic N) is 1. The molecular formula is C44H47ClF3NO6. The number of halogens is 4. The Hall–Kier alpha value is -4.38. The number of amides is 1. The molecule has 0 radical (unpaired) electrons. The van der Waals surface area contributed by atoms with Gasteiger partial charge >= 0.3 is 12.3 Å². The fourth-order valence-corrected chi connectivity index (χ4v) is 8.55. The molecule has 11 heteroatoms. The standard InChI is InChI=1S/C44H47ClF3NO6/c1-4-54-41(52)49(26-29-10-6-5-7-11-29)27-43(53)22-20-36-33-16-13-30(23-32(50)15-12-28(2)9-8-21-42(36,43)3)24-34(33)40(51)39-19-18-38(55-39)35-25-31(44(46,47)48)14-17-37(35)45/h5-7,9-11,13-14,16-19,24-25,32,36,50,53H,4,8,12,15,20-23,26-27H2,1-3H3. The Balaban J connectivity index is 1.42. The Bertz CT molecular complexity index is 2040. The normalized spacial score (nSPS) is 23.1. The van der Waals surface area contributed by atoms with Crippen molar-refractivity contribution in [2.75, 3.05) is 13.2 Å². The van der Waals surface area contributed by atoms with Crippen LogP contribution in [-0.4, -0.2) is 51.8 Å². The van der Waals surface area contributed by atoms with Gasteiger partial charge in [-0.05, 0) is 118 Å². The van der Waals surface area contributed by atoms with Crippen molar-refractivity contribution in [2.45, 2.75) is 96.1 Å². The largest absolute Gasteiger partial charge is 0.453 e. The lowest BCUT2D eigenvalue weighted by Gasteiger charge is -2.46. The minimum atomic E-state index is -4.61. The molecule has 292 valence electrons. The Labute approximate surface area is 324 Å². The summed E-state index contributed by atoms with van der Waals surface area (Å²) in [7, 11) is 0. The van der Waals surface area contributed by atoms with E-state index in [9.17, 15) is 33.0 Å². The van der Waals surface area contributed by atoms with Crippen LogP contribution in [0.25, 0.3) is 11.3 Å². The minimum Gasteiger partial charge on any atom is -0.453 e. The van der Waals surface area contributed by atoms with E-state index in [-0.39, 0.29) is 47.7 Å². The lowest BCUT2D eigenvalue weighted by molar-refractivity contribution is -0.137. The van der Waals surface area contributed by atoms with Gasteiger partial charge in [-0.3, -0.25) is 4.79 Å². The molecule has 1 amide bonds. The predicted octanol–water partition coefficient (Wildman–Crippen LogP) is 10.5. The highest BCUT2D eigenvalue weighted by Crippen LogP contribution is 2.59. The van der Waals surface area contributed by atoms with Gasteiger partial charge in [0, 0.05) is 23.1 Å². The van der Waals surface area contributed by atoms with Gasteiger partial charge in [-0.15, -0.1) is 0 Å². The second kappa shape index (κ2) is 16.4. The maximum Gasteiger partial charge on any atom is 0.416 e. The maximum atomic E-state index is 14.6. The number of fused-ring (bicyclic) bond motifs is 8. The quantitative estimate of drug-likeness (QED) is 0.136. The van der Waals surface area contributed by atoms with Gasteiger partial charge in [-0.2, -0.15) is 13.2 Å². The molecule has 3 aromatic carbocycles. The summed E-state index contributed by atoms with van der Waals surface area (Å²) in [4.78, 5) is 29.5. The van der Waals surface area contributed by atoms with Crippen LogP contribution in [0.1, 0.15) is 104 Å². The maximum absolute atomic E-state index is 14.6. The van der Waals surface area contributed by atoms with E-state index in [1.807, 2.05) is 56.3 Å². The number of allylic oxidation sites excluding steroid dienone is 2. The summed E-state index contributed by atoms with van der Waals surface area (Å²) < 4.78 is 52.2. The number of furan rings is 1. The van der Waals surface area contributed by atoms with Crippen molar-refractivity contribution in [3.8, 4) is 11.3 Å². The van der Waals surface area contributed by atoms with E-state index in [2.05, 4.69) is 6.08 Å². The molecular weight excluding hydrogens is 731 g/mol. The number of carbonyl (C=O) groups excluding carboxylic acids is 2. The summed E-state index contributed by atoms with van der Waals surface area (Å²) >= 11 is 6.32. The first kappa shape index (κ1) is 40.3. The molecule has 0 spiro atoms. The molecule has 55 heavy (non-hydrogen) atoms. The van der Waals surface area contributed by atoms with Crippen molar-refractivity contribution in [1.29, 1.82) is 0 Å². The SMILES string of the molecule is CCOC(=O)N(Cc1ccccc1)CC1(O)CCC2c3ccc(cc3C(=O)c3ccc(-c4cc(C(F)(F)F)ccc4Cl)o3)CC(O)CCC(C)=CCCC21C. The van der Waals surface area contributed by atoms with Crippen LogP contribution in [0.15, 0.2) is 94.9 Å². The first-order valence-corrected chi connectivity index (χ1v) is 19.2. The first-order chi connectivity index (χ1) is 26.1. The third kappa shape index (κ3) is 8.72. The molecule has 4 atom stereocenters. The molecule has 4 unspecified atom stereocenters. The lowest BCUT2D eigenvalue weighted by atomic mass is 9.64. The predicted molar refractivity (Wildman–Crippen MR) is 205 cm³/mol. The number of rotatable bonds is 8. The number of benzene rings is 3. The Morgan fingerprint density at radius 1 is 1.02 bits per heavy atom. The van der Waals surface area contributed by atoms with Gasteiger partial charge in [0.15, 0.2) is 5.76 Å². The zero-order valence-corrected chi connectivity index (χ0v) is 32.1. The number of hydrogen-bond acceptors (Lipinski definition) is 6. The van der Waals surface area contributed by atoms with Crippen LogP contribution in [0.4, 0.5) is 18.0 Å². The second-order valence-corrected chi connectivity index (χ2v) is 15.6. The number of ketones is 1. The summed E-state index contributed by atoms with van der Waals surface area (Å²) in [5.41, 5.74) is 0.625. The summed E-state index contributed by atoms with van der Waals surface area (Å²) in [5.74, 6) is -0.915. The van der Waals surface area contributed by atoms with Gasteiger partial charge in [-0.1, -0.05) is 72.6 Å². The van der Waals surface area contributed by atoms with E-state index in [4.69, 9.17) is 20.8 Å². The molecule has 7 rings (SSSR count). The van der Waals surface area contributed by atoms with E-state index < -0.39 is 40.7 Å². The van der Waals surface area contributed by atoms with Crippen LogP contribution in [-0.2, 0) is 23.9 Å². The summed E-state index contributed by atoms with van der Waals surface area (Å²) in [6.07, 6.45) is -0.153. The summed E-state index contributed by atoms with van der Waals surface area (Å²) in [6.45, 7) is 6.22. The van der Waals surface area contributed by atoms with E-state index >= 15 is 0 Å². The van der Waals surface area contributed by atoms with Gasteiger partial charge in [0.2, 0.25) is 5.78 Å². The Morgan fingerprint density at radius 3 is 2.51 bits per heavy atom. The van der Waals surface area contributed by atoms with Crippen LogP contribution >= 0.6 is 11.6 Å². The van der Waals surface area contributed by atoms with Gasteiger partial charge in [0.25, 0.3) is 0 Å². The van der Waals surface area contributed by atoms with E-state index in [0.717, 1.165) is 34.9 Å². The highest BCUT2D eigenvalue weighted by Gasteiger charge is 2.58. The van der Waals surface area contributed by atoms with E-state index in [0.29, 0.717) is 56.1 Å². The Morgan fingerprint density at radius 2 is 1.78 bits per heavy atom. The molecule has 1 saturated carbocycles. The topological polar surface area (TPSA) is 100 Å². The van der Waals surface area contributed by atoms with Gasteiger partial charge in [0.1, 0.15) is 5.76 Å². The first-order valence-electron chi connectivity index (χ1n) is 18.8. The van der Waals surface area contributed by atoms with Crippen molar-refractivity contribution in [3.05, 3.63) is 129 Å². The van der Waals surface area contributed by atoms with Crippen molar-refractivity contribution in [1.82, 2.24) is 4.90 Å². The number of aliphatic hydroxyl groups excluding tert-OH is 1. The molecule has 3 aliphatic rings. The van der Waals surface area contributed by atoms with Crippen LogP contribution in [0.3, 0.4) is 0 Å². The third-order valence-corrected chi connectivity index (χ3v) is 11.8. The molecule has 1 aromatic heterocycles. The molecule has 1 fully saturated rings. The zero-order valence-electron chi connectivity index (χ0n) is 31.3. The van der Waals surface area contributed by atoms with Crippen molar-refractivity contribution >= 4 is 23.5 Å². The average molecular weight is 778 g/mol. The number of carbonyl (C=O) groups is 2. The van der Waals surface area contributed by atoms with Crippen LogP contribution in [0, 0.1) is 5.41 Å². The molecule has 2 bridgehead atoms. The highest BCUT2D eigenvalue weighted by molar-refractivity contribution is 6.33. The highest BCUT2D eigenvalue weighted by atomic mass is 35.5. The van der Waals surface area contributed by atoms with Crippen LogP contribution in [0.5, 0.6) is 0 Å². The van der Waals surface area contributed by atoms with Crippen molar-refractivity contribution in [2.24, 2.45) is 5.41 Å². The smallest absolute Gasteiger partial charge is 0.416 e. The monoisotopic (exact) mass is 777 g/mol. The van der Waals surface area contributed by atoms with E-state index in [1.54, 1.807) is 17.9 Å². The van der Waals surface area contributed by atoms with E-state index in [1.165, 1.54) is 12.1 Å². The summed E-state index contributed by atoms with van der Waals surface area (Å²) in [5, 5.41) is 23.9. The fourth-order valence-electron chi connectivity index (χ4n) is 8.34. The van der Waals surface area contributed by atoms with Crippen LogP contribution < -0.4 is 0 Å². The van der Waals surface area contributed by atoms with Crippen LogP contribution in [0.2, 0.25) is 5.02 Å². The third-order valence-electron chi connectivity index (χ3n) is 11.5. The minimum absolute atomic E-state index is 0.000492. The number of hydrogen-bond donors (Lipinski definition) is 2. The van der Waals surface area contributed by atoms with Gasteiger partial charge < -0.3 is 24.3 Å². The summed E-state index contributed by atoms with van der Waals surface area (Å²) in [6, 6.07) is 20.8. The second-order valence-electron chi connectivity index (χ2n) is 15.2. The van der Waals surface area contributed by atoms with Gasteiger partial charge in [-0.25, -0.2) is 4.79 Å². The molecule has 0 aliphatic heterocycles. The molecule has 3 aliphatic carbocycles. The molecule has 1 heterocycles. The fraction of sp³-hybridized carbons (Fsp3) is 0.409. The lowest BCUT2D eigenvalue weighted by Crippen LogP contribution is -2.53. The zero-order chi connectivity index (χ0) is 39.5.